The summed E-state index contributed by atoms with van der Waals surface area (Å²) < 4.78 is 29.3. The van der Waals surface area contributed by atoms with Gasteiger partial charge in [0.15, 0.2) is 0 Å². The van der Waals surface area contributed by atoms with Crippen molar-refractivity contribution in [2.45, 2.75) is 56.5 Å². The van der Waals surface area contributed by atoms with Crippen LogP contribution >= 0.6 is 0 Å². The van der Waals surface area contributed by atoms with Crippen molar-refractivity contribution in [3.63, 3.8) is 0 Å². The summed E-state index contributed by atoms with van der Waals surface area (Å²) in [6, 6.07) is 4.37. The SMILES string of the molecule is CC1(Cn2c(=O)[nH]c(=O)c3cc(S(=O)(=O)NC4(C)CC4)ccc32)CC1.CN(C)C/C=C/C(N)=O. The van der Waals surface area contributed by atoms with Crippen LogP contribution in [0.25, 0.3) is 10.9 Å². The number of nitrogens with two attached hydrogens (primary N) is 1. The molecule has 0 saturated heterocycles. The molecular weight excluding hydrogens is 458 g/mol. The van der Waals surface area contributed by atoms with E-state index in [1.165, 1.54) is 22.8 Å². The lowest BCUT2D eigenvalue weighted by Gasteiger charge is -2.15. The highest BCUT2D eigenvalue weighted by atomic mass is 32.2. The molecule has 1 aromatic heterocycles. The Hall–Kier alpha value is -2.76. The number of fused-ring (bicyclic) bond motifs is 1. The number of likely N-dealkylation sites (N-methyl/N-ethyl adjacent to an activating group) is 1. The number of hydrogen-bond acceptors (Lipinski definition) is 6. The molecule has 2 aliphatic rings. The van der Waals surface area contributed by atoms with Gasteiger partial charge < -0.3 is 10.6 Å². The highest BCUT2D eigenvalue weighted by Crippen LogP contribution is 2.46. The number of aromatic nitrogens is 2. The minimum Gasteiger partial charge on any atom is -0.366 e. The number of H-pyrrole nitrogens is 1. The molecule has 2 aromatic rings. The van der Waals surface area contributed by atoms with Crippen molar-refractivity contribution in [1.29, 1.82) is 0 Å². The van der Waals surface area contributed by atoms with Crippen LogP contribution in [0.1, 0.15) is 39.5 Å². The van der Waals surface area contributed by atoms with E-state index in [1.807, 2.05) is 25.9 Å². The first kappa shape index (κ1) is 25.9. The maximum Gasteiger partial charge on any atom is 0.328 e. The standard InChI is InChI=1S/C17H21N3O4S.C6H12N2O/c1-16(5-6-16)10-20-13-4-3-11(9-12(13)14(21)18-15(20)22)25(23,24)19-17(2)7-8-17;1-8(2)5-3-4-6(7)9/h3-4,9,19H,5-8,10H2,1-2H3,(H,18,21,22);3-4H,5H2,1-2H3,(H2,7,9)/b;4-3+. The molecule has 11 heteroatoms. The number of rotatable bonds is 8. The van der Waals surface area contributed by atoms with Gasteiger partial charge in [-0.2, -0.15) is 0 Å². The van der Waals surface area contributed by atoms with Crippen molar-refractivity contribution in [3.05, 3.63) is 51.2 Å². The smallest absolute Gasteiger partial charge is 0.328 e. The number of carbonyl (C=O) groups is 1. The van der Waals surface area contributed by atoms with Crippen molar-refractivity contribution in [3.8, 4) is 0 Å². The molecule has 2 aliphatic carbocycles. The van der Waals surface area contributed by atoms with Crippen molar-refractivity contribution >= 4 is 26.8 Å². The van der Waals surface area contributed by atoms with Gasteiger partial charge in [-0.25, -0.2) is 17.9 Å². The summed E-state index contributed by atoms with van der Waals surface area (Å²) in [5.74, 6) is -0.392. The third kappa shape index (κ3) is 6.64. The summed E-state index contributed by atoms with van der Waals surface area (Å²) in [5, 5.41) is 0.215. The van der Waals surface area contributed by atoms with Gasteiger partial charge in [-0.05, 0) is 76.4 Å². The Kier molecular flexibility index (Phi) is 7.20. The highest BCUT2D eigenvalue weighted by Gasteiger charge is 2.41. The molecule has 10 nitrogen and oxygen atoms in total. The van der Waals surface area contributed by atoms with Crippen LogP contribution in [0.3, 0.4) is 0 Å². The van der Waals surface area contributed by atoms with Gasteiger partial charge in [0.25, 0.3) is 5.56 Å². The van der Waals surface area contributed by atoms with Gasteiger partial charge in [-0.3, -0.25) is 19.1 Å². The van der Waals surface area contributed by atoms with Crippen molar-refractivity contribution in [1.82, 2.24) is 19.2 Å². The van der Waals surface area contributed by atoms with Crippen LogP contribution in [0.15, 0.2) is 44.8 Å². The fraction of sp³-hybridized carbons (Fsp3) is 0.522. The molecule has 1 aromatic carbocycles. The van der Waals surface area contributed by atoms with Gasteiger partial charge in [0.1, 0.15) is 0 Å². The number of carbonyl (C=O) groups excluding carboxylic acids is 1. The van der Waals surface area contributed by atoms with E-state index >= 15 is 0 Å². The lowest BCUT2D eigenvalue weighted by atomic mass is 10.1. The molecule has 4 N–H and O–H groups in total. The van der Waals surface area contributed by atoms with Crippen molar-refractivity contribution in [2.75, 3.05) is 20.6 Å². The van der Waals surface area contributed by atoms with Gasteiger partial charge in [0, 0.05) is 18.6 Å². The molecule has 186 valence electrons. The molecule has 0 bridgehead atoms. The first-order valence-electron chi connectivity index (χ1n) is 11.2. The van der Waals surface area contributed by atoms with Crippen LogP contribution in [-0.4, -0.2) is 55.0 Å². The zero-order valence-electron chi connectivity index (χ0n) is 20.1. The van der Waals surface area contributed by atoms with Crippen LogP contribution in [0.2, 0.25) is 0 Å². The Morgan fingerprint density at radius 3 is 2.38 bits per heavy atom. The number of nitrogens with zero attached hydrogens (tertiary/aromatic N) is 2. The van der Waals surface area contributed by atoms with Gasteiger partial charge >= 0.3 is 5.69 Å². The maximum absolute atomic E-state index is 12.5. The molecule has 2 saturated carbocycles. The van der Waals surface area contributed by atoms with Gasteiger partial charge in [0.2, 0.25) is 15.9 Å². The highest BCUT2D eigenvalue weighted by molar-refractivity contribution is 7.89. The minimum absolute atomic E-state index is 0.0430. The van der Waals surface area contributed by atoms with E-state index in [0.29, 0.717) is 12.1 Å². The van der Waals surface area contributed by atoms with Gasteiger partial charge in [-0.1, -0.05) is 13.0 Å². The third-order valence-electron chi connectivity index (χ3n) is 6.06. The molecule has 34 heavy (non-hydrogen) atoms. The molecule has 0 unspecified atom stereocenters. The molecule has 0 radical (unpaired) electrons. The first-order chi connectivity index (χ1) is 15.7. The van der Waals surface area contributed by atoms with E-state index in [0.717, 1.165) is 32.2 Å². The zero-order valence-corrected chi connectivity index (χ0v) is 20.9. The summed E-state index contributed by atoms with van der Waals surface area (Å²) in [6.07, 6.45) is 6.77. The van der Waals surface area contributed by atoms with E-state index in [9.17, 15) is 22.8 Å². The van der Waals surface area contributed by atoms with Crippen LogP contribution in [0.5, 0.6) is 0 Å². The summed E-state index contributed by atoms with van der Waals surface area (Å²) >= 11 is 0. The van der Waals surface area contributed by atoms with E-state index in [1.54, 1.807) is 12.1 Å². The monoisotopic (exact) mass is 491 g/mol. The fourth-order valence-electron chi connectivity index (χ4n) is 3.40. The molecule has 0 atom stereocenters. The number of aromatic amines is 1. The second-order valence-corrected chi connectivity index (χ2v) is 11.8. The summed E-state index contributed by atoms with van der Waals surface area (Å²) in [5.41, 5.74) is 3.97. The summed E-state index contributed by atoms with van der Waals surface area (Å²) in [6.45, 7) is 5.21. The molecule has 2 fully saturated rings. The Labute approximate surface area is 198 Å². The molecule has 4 rings (SSSR count). The Balaban J connectivity index is 0.000000309. The van der Waals surface area contributed by atoms with Crippen LogP contribution < -0.4 is 21.7 Å². The summed E-state index contributed by atoms with van der Waals surface area (Å²) in [4.78, 5) is 38.8. The van der Waals surface area contributed by atoms with Crippen LogP contribution in [0.4, 0.5) is 0 Å². The zero-order chi connectivity index (χ0) is 25.3. The lowest BCUT2D eigenvalue weighted by molar-refractivity contribution is -0.113. The van der Waals surface area contributed by atoms with E-state index < -0.39 is 27.2 Å². The van der Waals surface area contributed by atoms with Gasteiger partial charge in [0.05, 0.1) is 15.8 Å². The van der Waals surface area contributed by atoms with Crippen molar-refractivity contribution in [2.24, 2.45) is 11.1 Å². The summed E-state index contributed by atoms with van der Waals surface area (Å²) in [7, 11) is 0.144. The number of hydrogen-bond donors (Lipinski definition) is 3. The van der Waals surface area contributed by atoms with E-state index in [2.05, 4.69) is 16.6 Å². The lowest BCUT2D eigenvalue weighted by Crippen LogP contribution is -2.35. The molecule has 0 aliphatic heterocycles. The number of nitrogens with one attached hydrogen (secondary N) is 2. The first-order valence-corrected chi connectivity index (χ1v) is 12.6. The quantitative estimate of drug-likeness (QED) is 0.468. The topological polar surface area (TPSA) is 147 Å². The fourth-order valence-corrected chi connectivity index (χ4v) is 4.89. The normalized spacial score (nSPS) is 18.0. The second kappa shape index (κ2) is 9.47. The number of benzene rings is 1. The van der Waals surface area contributed by atoms with Crippen LogP contribution in [-0.2, 0) is 21.4 Å². The number of sulfonamides is 1. The average molecular weight is 492 g/mol. The Morgan fingerprint density at radius 1 is 1.21 bits per heavy atom. The molecular formula is C23H33N5O5S. The minimum atomic E-state index is -3.70. The third-order valence-corrected chi connectivity index (χ3v) is 7.69. The van der Waals surface area contributed by atoms with Crippen molar-refractivity contribution < 1.29 is 13.2 Å². The van der Waals surface area contributed by atoms with Crippen LogP contribution in [0, 0.1) is 5.41 Å². The second-order valence-electron chi connectivity index (χ2n) is 10.1. The molecule has 1 amide bonds. The number of primary amides is 1. The predicted molar refractivity (Wildman–Crippen MR) is 131 cm³/mol. The van der Waals surface area contributed by atoms with E-state index in [-0.39, 0.29) is 21.2 Å². The maximum atomic E-state index is 12.5. The number of amides is 1. The Morgan fingerprint density at radius 2 is 1.85 bits per heavy atom. The molecule has 0 spiro atoms. The predicted octanol–water partition coefficient (Wildman–Crippen LogP) is 0.910. The van der Waals surface area contributed by atoms with E-state index in [4.69, 9.17) is 5.73 Å². The largest absolute Gasteiger partial charge is 0.366 e. The average Bonchev–Trinajstić information content (AvgIpc) is 3.63. The Bertz CT molecular complexity index is 1330. The van der Waals surface area contributed by atoms with Gasteiger partial charge in [-0.15, -0.1) is 0 Å². The molecule has 1 heterocycles.